The molecule has 0 radical (unpaired) electrons. The van der Waals surface area contributed by atoms with E-state index in [-0.39, 0.29) is 24.1 Å². The molecule has 0 aliphatic rings. The second-order valence-electron chi connectivity index (χ2n) is 5.97. The Bertz CT molecular complexity index is 529. The monoisotopic (exact) mass is 354 g/mol. The van der Waals surface area contributed by atoms with E-state index in [1.165, 1.54) is 13.4 Å². The maximum atomic E-state index is 12.9. The zero-order valence-corrected chi connectivity index (χ0v) is 15.7. The van der Waals surface area contributed by atoms with Crippen LogP contribution in [0, 0.1) is 5.92 Å². The van der Waals surface area contributed by atoms with E-state index in [1.54, 1.807) is 12.0 Å². The molecule has 0 spiro atoms. The van der Waals surface area contributed by atoms with Gasteiger partial charge in [0, 0.05) is 26.2 Å². The van der Waals surface area contributed by atoms with Crippen LogP contribution in [0.2, 0.25) is 0 Å². The molecule has 7 nitrogen and oxygen atoms in total. The molecule has 142 valence electrons. The van der Waals surface area contributed by atoms with Gasteiger partial charge in [-0.1, -0.05) is 26.7 Å². The fourth-order valence-electron chi connectivity index (χ4n) is 2.62. The number of esters is 1. The van der Waals surface area contributed by atoms with Crippen molar-refractivity contribution < 1.29 is 23.5 Å². The second-order valence-corrected chi connectivity index (χ2v) is 5.97. The third kappa shape index (κ3) is 6.86. The van der Waals surface area contributed by atoms with Crippen LogP contribution in [-0.2, 0) is 20.8 Å². The summed E-state index contributed by atoms with van der Waals surface area (Å²) in [5, 5.41) is 0. The van der Waals surface area contributed by atoms with Gasteiger partial charge in [-0.15, -0.1) is 0 Å². The summed E-state index contributed by atoms with van der Waals surface area (Å²) < 4.78 is 15.0. The Kier molecular flexibility index (Phi) is 9.84. The van der Waals surface area contributed by atoms with Gasteiger partial charge >= 0.3 is 5.97 Å². The summed E-state index contributed by atoms with van der Waals surface area (Å²) in [4.78, 5) is 30.2. The Labute approximate surface area is 149 Å². The summed E-state index contributed by atoms with van der Waals surface area (Å²) in [6, 6.07) is 0. The summed E-state index contributed by atoms with van der Waals surface area (Å²) in [5.74, 6) is -0.124. The van der Waals surface area contributed by atoms with E-state index in [0.717, 1.165) is 32.1 Å². The van der Waals surface area contributed by atoms with E-state index in [2.05, 4.69) is 16.6 Å². The summed E-state index contributed by atoms with van der Waals surface area (Å²) in [5.41, 5.74) is 0.111. The molecule has 0 N–H and O–H groups in total. The molecule has 0 saturated carbocycles. The van der Waals surface area contributed by atoms with Gasteiger partial charge in [0.2, 0.25) is 11.8 Å². The Morgan fingerprint density at radius 1 is 1.28 bits per heavy atom. The molecule has 25 heavy (non-hydrogen) atoms. The van der Waals surface area contributed by atoms with Gasteiger partial charge in [0.1, 0.15) is 6.26 Å². The minimum absolute atomic E-state index is 0.00228. The summed E-state index contributed by atoms with van der Waals surface area (Å²) in [6.07, 6.45) is 5.77. The van der Waals surface area contributed by atoms with Crippen molar-refractivity contribution in [1.29, 1.82) is 0 Å². The number of rotatable bonds is 12. The molecule has 0 aliphatic heterocycles. The highest BCUT2D eigenvalue weighted by molar-refractivity contribution is 5.86. The van der Waals surface area contributed by atoms with Crippen LogP contribution >= 0.6 is 0 Å². The first-order valence-electron chi connectivity index (χ1n) is 8.87. The number of hydrogen-bond acceptors (Lipinski definition) is 6. The third-order valence-corrected chi connectivity index (χ3v) is 4.11. The van der Waals surface area contributed by atoms with Crippen LogP contribution in [0.3, 0.4) is 0 Å². The maximum absolute atomic E-state index is 12.9. The van der Waals surface area contributed by atoms with E-state index < -0.39 is 5.97 Å². The largest absolute Gasteiger partial charge is 0.464 e. The Hall–Kier alpha value is -1.89. The fraction of sp³-hybridized carbons (Fsp3) is 0.722. The highest BCUT2D eigenvalue weighted by atomic mass is 16.5. The van der Waals surface area contributed by atoms with Gasteiger partial charge in [-0.3, -0.25) is 4.79 Å². The topological polar surface area (TPSA) is 81.9 Å². The highest BCUT2D eigenvalue weighted by Gasteiger charge is 2.24. The van der Waals surface area contributed by atoms with Gasteiger partial charge in [0.05, 0.1) is 13.7 Å². The Morgan fingerprint density at radius 3 is 2.64 bits per heavy atom. The molecule has 1 amide bonds. The third-order valence-electron chi connectivity index (χ3n) is 4.11. The van der Waals surface area contributed by atoms with Gasteiger partial charge in [-0.05, 0) is 19.3 Å². The van der Waals surface area contributed by atoms with E-state index in [9.17, 15) is 9.59 Å². The number of aromatic nitrogens is 1. The molecule has 0 saturated heterocycles. The molecular formula is C18H30N2O5. The molecule has 1 aromatic heterocycles. The average Bonchev–Trinajstić information content (AvgIpc) is 3.09. The van der Waals surface area contributed by atoms with Crippen LogP contribution in [0.15, 0.2) is 10.7 Å². The lowest BCUT2D eigenvalue weighted by molar-refractivity contribution is -0.137. The molecule has 1 rings (SSSR count). The predicted molar refractivity (Wildman–Crippen MR) is 93.1 cm³/mol. The zero-order valence-electron chi connectivity index (χ0n) is 15.7. The quantitative estimate of drug-likeness (QED) is 0.424. The first-order valence-corrected chi connectivity index (χ1v) is 8.87. The lowest BCUT2D eigenvalue weighted by Crippen LogP contribution is -2.37. The fourth-order valence-corrected chi connectivity index (χ4v) is 2.62. The van der Waals surface area contributed by atoms with Gasteiger partial charge in [-0.2, -0.15) is 0 Å². The molecule has 0 bridgehead atoms. The number of nitrogens with zero attached hydrogens (tertiary/aromatic N) is 2. The smallest absolute Gasteiger partial charge is 0.360 e. The number of oxazole rings is 1. The number of carbonyl (C=O) groups excluding carboxylic acids is 2. The average molecular weight is 354 g/mol. The molecular weight excluding hydrogens is 324 g/mol. The van der Waals surface area contributed by atoms with Gasteiger partial charge in [0.25, 0.3) is 0 Å². The first-order chi connectivity index (χ1) is 12.1. The van der Waals surface area contributed by atoms with Crippen LogP contribution in [0.25, 0.3) is 0 Å². The van der Waals surface area contributed by atoms with Crippen molar-refractivity contribution in [3.05, 3.63) is 17.8 Å². The normalized spacial score (nSPS) is 12.0. The molecule has 1 aromatic rings. The molecule has 7 heteroatoms. The van der Waals surface area contributed by atoms with Gasteiger partial charge < -0.3 is 18.8 Å². The minimum Gasteiger partial charge on any atom is -0.464 e. The number of ether oxygens (including phenoxy) is 2. The van der Waals surface area contributed by atoms with Crippen LogP contribution in [-0.4, -0.2) is 49.1 Å². The first kappa shape index (κ1) is 21.2. The van der Waals surface area contributed by atoms with Gasteiger partial charge in [-0.25, -0.2) is 9.78 Å². The van der Waals surface area contributed by atoms with Crippen molar-refractivity contribution in [2.45, 2.75) is 52.5 Å². The lowest BCUT2D eigenvalue weighted by Gasteiger charge is -2.26. The Balaban J connectivity index is 2.82. The summed E-state index contributed by atoms with van der Waals surface area (Å²) in [7, 11) is 2.93. The standard InChI is InChI=1S/C18H30N2O5/c1-5-7-9-14(6-2)17(21)20(10-8-11-23-3)12-16-19-15(13-25-16)18(22)24-4/h13-14H,5-12H2,1-4H3. The minimum atomic E-state index is -0.554. The highest BCUT2D eigenvalue weighted by Crippen LogP contribution is 2.18. The molecule has 0 aromatic carbocycles. The SMILES string of the molecule is CCCCC(CC)C(=O)N(CCCOC)Cc1nc(C(=O)OC)co1. The number of hydrogen-bond donors (Lipinski definition) is 0. The maximum Gasteiger partial charge on any atom is 0.360 e. The van der Waals surface area contributed by atoms with Crippen LogP contribution in [0.5, 0.6) is 0 Å². The van der Waals surface area contributed by atoms with E-state index in [4.69, 9.17) is 9.15 Å². The number of methoxy groups -OCH3 is 2. The van der Waals surface area contributed by atoms with E-state index in [0.29, 0.717) is 19.0 Å². The number of amides is 1. The van der Waals surface area contributed by atoms with Crippen LogP contribution in [0.4, 0.5) is 0 Å². The van der Waals surface area contributed by atoms with Crippen molar-refractivity contribution in [3.63, 3.8) is 0 Å². The number of carbonyl (C=O) groups is 2. The molecule has 1 atom stereocenters. The van der Waals surface area contributed by atoms with Crippen molar-refractivity contribution >= 4 is 11.9 Å². The molecule has 0 aliphatic carbocycles. The van der Waals surface area contributed by atoms with E-state index in [1.807, 2.05) is 6.92 Å². The second kappa shape index (κ2) is 11.6. The van der Waals surface area contributed by atoms with Crippen molar-refractivity contribution in [2.24, 2.45) is 5.92 Å². The lowest BCUT2D eigenvalue weighted by atomic mass is 9.97. The Morgan fingerprint density at radius 2 is 2.04 bits per heavy atom. The predicted octanol–water partition coefficient (Wildman–Crippen LogP) is 3.04. The molecule has 1 unspecified atom stereocenters. The van der Waals surface area contributed by atoms with Crippen molar-refractivity contribution in [3.8, 4) is 0 Å². The van der Waals surface area contributed by atoms with Crippen molar-refractivity contribution in [2.75, 3.05) is 27.4 Å². The van der Waals surface area contributed by atoms with Crippen LogP contribution < -0.4 is 0 Å². The van der Waals surface area contributed by atoms with E-state index >= 15 is 0 Å². The molecule has 1 heterocycles. The zero-order chi connectivity index (χ0) is 18.7. The van der Waals surface area contributed by atoms with Crippen LogP contribution in [0.1, 0.15) is 62.3 Å². The van der Waals surface area contributed by atoms with Crippen molar-refractivity contribution in [1.82, 2.24) is 9.88 Å². The summed E-state index contributed by atoms with van der Waals surface area (Å²) >= 11 is 0. The number of unbranched alkanes of at least 4 members (excludes halogenated alkanes) is 1. The summed E-state index contributed by atoms with van der Waals surface area (Å²) in [6.45, 7) is 5.53. The molecule has 0 fully saturated rings. The van der Waals surface area contributed by atoms with Gasteiger partial charge in [0.15, 0.2) is 5.69 Å².